The molecule has 0 N–H and O–H groups in total. The molecule has 0 amide bonds. The first-order valence-corrected chi connectivity index (χ1v) is 5.42. The summed E-state index contributed by atoms with van der Waals surface area (Å²) in [6, 6.07) is 9.95. The van der Waals surface area contributed by atoms with E-state index in [-0.39, 0.29) is 0 Å². The van der Waals surface area contributed by atoms with Gasteiger partial charge in [-0.15, -0.1) is 0 Å². The van der Waals surface area contributed by atoms with Crippen molar-refractivity contribution in [2.24, 2.45) is 0 Å². The standard InChI is InChI=1S/C12H14N2O2/c1-2-3-9-15-12-13-11(16-14-12)10-7-5-4-6-8-10/h4-8H,2-3,9H2,1H3. The highest BCUT2D eigenvalue weighted by molar-refractivity contribution is 5.52. The van der Waals surface area contributed by atoms with Gasteiger partial charge in [-0.2, -0.15) is 4.98 Å². The average Bonchev–Trinajstić information content (AvgIpc) is 2.79. The first-order chi connectivity index (χ1) is 7.90. The highest BCUT2D eigenvalue weighted by Gasteiger charge is 2.08. The van der Waals surface area contributed by atoms with E-state index < -0.39 is 0 Å². The van der Waals surface area contributed by atoms with E-state index in [9.17, 15) is 0 Å². The molecule has 0 saturated heterocycles. The molecule has 0 atom stereocenters. The second kappa shape index (κ2) is 5.30. The van der Waals surface area contributed by atoms with E-state index in [1.165, 1.54) is 0 Å². The summed E-state index contributed by atoms with van der Waals surface area (Å²) in [5, 5.41) is 3.76. The molecule has 16 heavy (non-hydrogen) atoms. The largest absolute Gasteiger partial charge is 0.461 e. The van der Waals surface area contributed by atoms with Crippen molar-refractivity contribution in [3.05, 3.63) is 30.3 Å². The molecule has 0 bridgehead atoms. The third-order valence-electron chi connectivity index (χ3n) is 2.16. The lowest BCUT2D eigenvalue weighted by atomic mass is 10.2. The van der Waals surface area contributed by atoms with Gasteiger partial charge in [-0.25, -0.2) is 0 Å². The maximum atomic E-state index is 5.33. The predicted molar refractivity (Wildman–Crippen MR) is 60.1 cm³/mol. The SMILES string of the molecule is CCCCOc1noc(-c2ccccc2)n1. The molecule has 84 valence electrons. The maximum absolute atomic E-state index is 5.33. The Morgan fingerprint density at radius 3 is 2.81 bits per heavy atom. The summed E-state index contributed by atoms with van der Waals surface area (Å²) in [6.07, 6.45) is 2.08. The monoisotopic (exact) mass is 218 g/mol. The Bertz CT molecular complexity index is 426. The van der Waals surface area contributed by atoms with E-state index in [0.717, 1.165) is 18.4 Å². The molecule has 0 unspecified atom stereocenters. The minimum atomic E-state index is 0.312. The van der Waals surface area contributed by atoms with Crippen LogP contribution in [-0.2, 0) is 0 Å². The van der Waals surface area contributed by atoms with Gasteiger partial charge in [0.25, 0.3) is 5.89 Å². The van der Waals surface area contributed by atoms with Gasteiger partial charge >= 0.3 is 6.01 Å². The Hall–Kier alpha value is -1.84. The zero-order valence-corrected chi connectivity index (χ0v) is 9.22. The van der Waals surface area contributed by atoms with Crippen molar-refractivity contribution in [1.82, 2.24) is 10.1 Å². The number of hydrogen-bond acceptors (Lipinski definition) is 4. The minimum absolute atomic E-state index is 0.312. The summed E-state index contributed by atoms with van der Waals surface area (Å²) < 4.78 is 10.4. The molecule has 4 nitrogen and oxygen atoms in total. The van der Waals surface area contributed by atoms with Gasteiger partial charge in [0.1, 0.15) is 0 Å². The van der Waals surface area contributed by atoms with Crippen molar-refractivity contribution in [2.45, 2.75) is 19.8 Å². The van der Waals surface area contributed by atoms with Gasteiger partial charge in [-0.1, -0.05) is 31.5 Å². The van der Waals surface area contributed by atoms with Crippen LogP contribution in [0.15, 0.2) is 34.9 Å². The summed E-state index contributed by atoms with van der Waals surface area (Å²) in [5.41, 5.74) is 0.903. The van der Waals surface area contributed by atoms with Gasteiger partial charge in [0.05, 0.1) is 6.61 Å². The van der Waals surface area contributed by atoms with E-state index in [0.29, 0.717) is 18.5 Å². The molecule has 2 aromatic rings. The minimum Gasteiger partial charge on any atom is -0.461 e. The lowest BCUT2D eigenvalue weighted by molar-refractivity contribution is 0.268. The van der Waals surface area contributed by atoms with Crippen LogP contribution in [-0.4, -0.2) is 16.7 Å². The van der Waals surface area contributed by atoms with Crippen LogP contribution in [0.4, 0.5) is 0 Å². The number of ether oxygens (including phenoxy) is 1. The normalized spacial score (nSPS) is 10.3. The summed E-state index contributed by atoms with van der Waals surface area (Å²) in [5.74, 6) is 0.493. The van der Waals surface area contributed by atoms with Crippen molar-refractivity contribution < 1.29 is 9.26 Å². The van der Waals surface area contributed by atoms with Crippen LogP contribution < -0.4 is 4.74 Å². The van der Waals surface area contributed by atoms with Crippen LogP contribution in [0.1, 0.15) is 19.8 Å². The Morgan fingerprint density at radius 1 is 1.25 bits per heavy atom. The molecule has 0 radical (unpaired) electrons. The highest BCUT2D eigenvalue weighted by atomic mass is 16.5. The topological polar surface area (TPSA) is 48.2 Å². The molecule has 0 saturated carbocycles. The van der Waals surface area contributed by atoms with Crippen molar-refractivity contribution in [3.8, 4) is 17.5 Å². The molecule has 1 aromatic heterocycles. The zero-order chi connectivity index (χ0) is 11.2. The third-order valence-corrected chi connectivity index (χ3v) is 2.16. The van der Waals surface area contributed by atoms with Crippen LogP contribution in [0.3, 0.4) is 0 Å². The van der Waals surface area contributed by atoms with E-state index in [1.807, 2.05) is 30.3 Å². The van der Waals surface area contributed by atoms with Gasteiger partial charge < -0.3 is 9.26 Å². The van der Waals surface area contributed by atoms with Crippen molar-refractivity contribution in [2.75, 3.05) is 6.61 Å². The molecule has 0 fully saturated rings. The Morgan fingerprint density at radius 2 is 2.06 bits per heavy atom. The van der Waals surface area contributed by atoms with E-state index in [4.69, 9.17) is 9.26 Å². The zero-order valence-electron chi connectivity index (χ0n) is 9.22. The highest BCUT2D eigenvalue weighted by Crippen LogP contribution is 2.18. The molecular weight excluding hydrogens is 204 g/mol. The van der Waals surface area contributed by atoms with Gasteiger partial charge in [-0.3, -0.25) is 0 Å². The number of aromatic nitrogens is 2. The van der Waals surface area contributed by atoms with Crippen molar-refractivity contribution in [3.63, 3.8) is 0 Å². The molecular formula is C12H14N2O2. The van der Waals surface area contributed by atoms with Crippen LogP contribution in [0.2, 0.25) is 0 Å². The smallest absolute Gasteiger partial charge is 0.354 e. The van der Waals surface area contributed by atoms with Gasteiger partial charge in [0.2, 0.25) is 0 Å². The van der Waals surface area contributed by atoms with E-state index in [2.05, 4.69) is 17.1 Å². The number of rotatable bonds is 5. The van der Waals surface area contributed by atoms with Crippen LogP contribution in [0.5, 0.6) is 6.01 Å². The lowest BCUT2D eigenvalue weighted by Crippen LogP contribution is -1.97. The second-order valence-corrected chi connectivity index (χ2v) is 3.45. The summed E-state index contributed by atoms with van der Waals surface area (Å²) in [4.78, 5) is 4.15. The van der Waals surface area contributed by atoms with Crippen LogP contribution >= 0.6 is 0 Å². The summed E-state index contributed by atoms with van der Waals surface area (Å²) in [6.45, 7) is 2.74. The van der Waals surface area contributed by atoms with Crippen LogP contribution in [0, 0.1) is 0 Å². The van der Waals surface area contributed by atoms with Crippen LogP contribution in [0.25, 0.3) is 11.5 Å². The van der Waals surface area contributed by atoms with Gasteiger partial charge in [-0.05, 0) is 23.7 Å². The Balaban J connectivity index is 2.02. The summed E-state index contributed by atoms with van der Waals surface area (Å²) >= 11 is 0. The quantitative estimate of drug-likeness (QED) is 0.724. The molecule has 2 rings (SSSR count). The molecule has 0 aliphatic rings. The molecule has 0 aliphatic carbocycles. The Kier molecular flexibility index (Phi) is 3.53. The summed E-state index contributed by atoms with van der Waals surface area (Å²) in [7, 11) is 0. The first kappa shape index (κ1) is 10.7. The average molecular weight is 218 g/mol. The predicted octanol–water partition coefficient (Wildman–Crippen LogP) is 2.92. The fourth-order valence-electron chi connectivity index (χ4n) is 1.27. The van der Waals surface area contributed by atoms with E-state index >= 15 is 0 Å². The molecule has 4 heteroatoms. The second-order valence-electron chi connectivity index (χ2n) is 3.45. The molecule has 0 aliphatic heterocycles. The third kappa shape index (κ3) is 2.59. The molecule has 0 spiro atoms. The van der Waals surface area contributed by atoms with E-state index in [1.54, 1.807) is 0 Å². The number of nitrogens with zero attached hydrogens (tertiary/aromatic N) is 2. The number of hydrogen-bond donors (Lipinski definition) is 0. The number of unbranched alkanes of at least 4 members (excludes halogenated alkanes) is 1. The van der Waals surface area contributed by atoms with Crippen molar-refractivity contribution >= 4 is 0 Å². The Labute approximate surface area is 94.2 Å². The maximum Gasteiger partial charge on any atom is 0.354 e. The van der Waals surface area contributed by atoms with Crippen molar-refractivity contribution in [1.29, 1.82) is 0 Å². The molecule has 1 heterocycles. The van der Waals surface area contributed by atoms with Gasteiger partial charge in [0, 0.05) is 5.56 Å². The number of benzene rings is 1. The lowest BCUT2D eigenvalue weighted by Gasteiger charge is -1.96. The fraction of sp³-hybridized carbons (Fsp3) is 0.333. The van der Waals surface area contributed by atoms with Gasteiger partial charge in [0.15, 0.2) is 0 Å². The first-order valence-electron chi connectivity index (χ1n) is 5.42. The fourth-order valence-corrected chi connectivity index (χ4v) is 1.27. The molecule has 1 aromatic carbocycles.